The Balaban J connectivity index is 1.51. The van der Waals surface area contributed by atoms with Crippen molar-refractivity contribution in [1.82, 2.24) is 5.32 Å². The summed E-state index contributed by atoms with van der Waals surface area (Å²) in [5.41, 5.74) is 8.67. The summed E-state index contributed by atoms with van der Waals surface area (Å²) < 4.78 is 12.5. The van der Waals surface area contributed by atoms with E-state index in [1.54, 1.807) is 0 Å². The van der Waals surface area contributed by atoms with Gasteiger partial charge in [0.1, 0.15) is 0 Å². The van der Waals surface area contributed by atoms with E-state index in [0.29, 0.717) is 6.54 Å². The predicted octanol–water partition coefficient (Wildman–Crippen LogP) is 3.92. The van der Waals surface area contributed by atoms with Crippen LogP contribution < -0.4 is 11.1 Å². The molecule has 148 valence electrons. The van der Waals surface area contributed by atoms with E-state index in [1.807, 2.05) is 29.7 Å². The minimum absolute atomic E-state index is 0.0644. The maximum atomic E-state index is 6.60. The number of rotatable bonds is 5. The van der Waals surface area contributed by atoms with Crippen molar-refractivity contribution in [2.45, 2.75) is 57.3 Å². The fourth-order valence-electron chi connectivity index (χ4n) is 4.25. The zero-order chi connectivity index (χ0) is 18.8. The predicted molar refractivity (Wildman–Crippen MR) is 113 cm³/mol. The van der Waals surface area contributed by atoms with Gasteiger partial charge in [-0.2, -0.15) is 0 Å². The van der Waals surface area contributed by atoms with E-state index in [0.717, 1.165) is 45.3 Å². The molecule has 4 rings (SSSR count). The van der Waals surface area contributed by atoms with E-state index in [1.165, 1.54) is 30.6 Å². The van der Waals surface area contributed by atoms with E-state index < -0.39 is 0 Å². The summed E-state index contributed by atoms with van der Waals surface area (Å²) in [6.45, 7) is 4.44. The molecule has 3 N–H and O–H groups in total. The van der Waals surface area contributed by atoms with E-state index in [-0.39, 0.29) is 18.3 Å². The smallest absolute Gasteiger partial charge is 0.0963 e. The highest BCUT2D eigenvalue weighted by Gasteiger charge is 2.28. The molecule has 0 saturated heterocycles. The van der Waals surface area contributed by atoms with E-state index in [9.17, 15) is 0 Å². The van der Waals surface area contributed by atoms with Gasteiger partial charge in [0, 0.05) is 45.6 Å². The summed E-state index contributed by atoms with van der Waals surface area (Å²) >= 11 is 3.88. The van der Waals surface area contributed by atoms with Crippen molar-refractivity contribution in [3.8, 4) is 0 Å². The van der Waals surface area contributed by atoms with Gasteiger partial charge in [-0.1, -0.05) is 0 Å². The topological polar surface area (TPSA) is 56.5 Å². The second-order valence-corrected chi connectivity index (χ2v) is 10.1. The number of nitrogens with two attached hydrogens (primary N) is 1. The Labute approximate surface area is 170 Å². The van der Waals surface area contributed by atoms with Gasteiger partial charge >= 0.3 is 0 Å². The molecule has 2 aromatic rings. The Kier molecular flexibility index (Phi) is 6.31. The number of fused-ring (bicyclic) bond motifs is 2. The summed E-state index contributed by atoms with van der Waals surface area (Å²) in [4.78, 5) is 5.78. The van der Waals surface area contributed by atoms with Crippen LogP contribution in [0.5, 0.6) is 0 Å². The Morgan fingerprint density at radius 3 is 2.78 bits per heavy atom. The van der Waals surface area contributed by atoms with Crippen LogP contribution in [0.1, 0.15) is 55.7 Å². The third-order valence-electron chi connectivity index (χ3n) is 5.50. The number of ether oxygens (including phenoxy) is 2. The average molecular weight is 407 g/mol. The van der Waals surface area contributed by atoms with Gasteiger partial charge in [-0.05, 0) is 62.9 Å². The van der Waals surface area contributed by atoms with Crippen molar-refractivity contribution >= 4 is 22.7 Å². The average Bonchev–Trinajstić information content (AvgIpc) is 3.12. The SMILES string of the molecule is CNCC1OC(Cc2cc3c(s2)CCCOC3CN)CCc2sc(C)cc21. The second-order valence-electron chi connectivity index (χ2n) is 7.57. The highest BCUT2D eigenvalue weighted by atomic mass is 32.1. The van der Waals surface area contributed by atoms with Crippen molar-refractivity contribution in [3.63, 3.8) is 0 Å². The van der Waals surface area contributed by atoms with Crippen molar-refractivity contribution in [2.24, 2.45) is 5.73 Å². The van der Waals surface area contributed by atoms with Crippen LogP contribution in [0.15, 0.2) is 12.1 Å². The normalized spacial score (nSPS) is 25.5. The maximum absolute atomic E-state index is 6.60. The molecule has 0 aromatic carbocycles. The van der Waals surface area contributed by atoms with Crippen molar-refractivity contribution in [3.05, 3.63) is 42.8 Å². The lowest BCUT2D eigenvalue weighted by molar-refractivity contribution is -0.0100. The second kappa shape index (κ2) is 8.72. The molecular formula is C21H30N2O2S2. The van der Waals surface area contributed by atoms with Crippen molar-refractivity contribution in [2.75, 3.05) is 26.7 Å². The van der Waals surface area contributed by atoms with Crippen LogP contribution in [0.25, 0.3) is 0 Å². The van der Waals surface area contributed by atoms with Gasteiger partial charge in [0.05, 0.1) is 18.3 Å². The molecule has 0 radical (unpaired) electrons. The maximum Gasteiger partial charge on any atom is 0.0963 e. The quantitative estimate of drug-likeness (QED) is 0.790. The third kappa shape index (κ3) is 4.31. The number of nitrogens with one attached hydrogen (secondary N) is 1. The van der Waals surface area contributed by atoms with Crippen LogP contribution >= 0.6 is 22.7 Å². The largest absolute Gasteiger partial charge is 0.372 e. The number of thiophene rings is 2. The number of hydrogen-bond acceptors (Lipinski definition) is 6. The molecular weight excluding hydrogens is 376 g/mol. The van der Waals surface area contributed by atoms with Gasteiger partial charge in [-0.3, -0.25) is 0 Å². The van der Waals surface area contributed by atoms with E-state index in [4.69, 9.17) is 15.2 Å². The summed E-state index contributed by atoms with van der Waals surface area (Å²) in [5, 5.41) is 3.31. The van der Waals surface area contributed by atoms with E-state index >= 15 is 0 Å². The standard InChI is InChI=1S/C21H30N2O2S2/c1-13-8-16-19(12-23-2)25-14(5-6-21(16)26-13)9-15-10-17-18(11-22)24-7-3-4-20(17)27-15/h8,10,14,18-19,23H,3-7,9,11-12,22H2,1-2H3. The van der Waals surface area contributed by atoms with Gasteiger partial charge in [0.15, 0.2) is 0 Å². The molecule has 4 nitrogen and oxygen atoms in total. The molecule has 2 aliphatic heterocycles. The van der Waals surface area contributed by atoms with Crippen molar-refractivity contribution < 1.29 is 9.47 Å². The molecule has 0 saturated carbocycles. The first-order valence-electron chi connectivity index (χ1n) is 10.00. The zero-order valence-corrected chi connectivity index (χ0v) is 17.9. The number of likely N-dealkylation sites (N-methyl/N-ethyl adjacent to an activating group) is 1. The monoisotopic (exact) mass is 406 g/mol. The highest BCUT2D eigenvalue weighted by molar-refractivity contribution is 7.12. The van der Waals surface area contributed by atoms with E-state index in [2.05, 4.69) is 24.4 Å². The molecule has 0 bridgehead atoms. The fourth-order valence-corrected chi connectivity index (χ4v) is 6.67. The lowest BCUT2D eigenvalue weighted by atomic mass is 10.1. The molecule has 0 amide bonds. The molecule has 27 heavy (non-hydrogen) atoms. The van der Waals surface area contributed by atoms with Crippen LogP contribution in [-0.2, 0) is 28.7 Å². The zero-order valence-electron chi connectivity index (χ0n) is 16.3. The molecule has 0 aliphatic carbocycles. The van der Waals surface area contributed by atoms with Gasteiger partial charge in [0.25, 0.3) is 0 Å². The van der Waals surface area contributed by atoms with Crippen molar-refractivity contribution in [1.29, 1.82) is 0 Å². The molecule has 2 aliphatic rings. The minimum Gasteiger partial charge on any atom is -0.372 e. The molecule has 2 aromatic heterocycles. The summed E-state index contributed by atoms with van der Waals surface area (Å²) in [6.07, 6.45) is 5.89. The minimum atomic E-state index is 0.0644. The Hall–Kier alpha value is -0.760. The van der Waals surface area contributed by atoms with Gasteiger partial charge in [-0.25, -0.2) is 0 Å². The molecule has 3 unspecified atom stereocenters. The molecule has 4 heterocycles. The van der Waals surface area contributed by atoms with Gasteiger partial charge < -0.3 is 20.5 Å². The van der Waals surface area contributed by atoms with Crippen LogP contribution in [0, 0.1) is 6.92 Å². The lowest BCUT2D eigenvalue weighted by Crippen LogP contribution is -2.24. The van der Waals surface area contributed by atoms with Gasteiger partial charge in [0.2, 0.25) is 0 Å². The molecule has 6 heteroatoms. The number of hydrogen-bond donors (Lipinski definition) is 2. The fraction of sp³-hybridized carbons (Fsp3) is 0.619. The Morgan fingerprint density at radius 1 is 1.15 bits per heavy atom. The first-order valence-corrected chi connectivity index (χ1v) is 11.6. The number of aryl methyl sites for hydroxylation is 3. The first-order chi connectivity index (χ1) is 13.2. The molecule has 0 spiro atoms. The first kappa shape index (κ1) is 19.6. The van der Waals surface area contributed by atoms with Gasteiger partial charge in [-0.15, -0.1) is 22.7 Å². The lowest BCUT2D eigenvalue weighted by Gasteiger charge is -2.22. The van der Waals surface area contributed by atoms with Crippen LogP contribution in [0.2, 0.25) is 0 Å². The highest BCUT2D eigenvalue weighted by Crippen LogP contribution is 2.37. The summed E-state index contributed by atoms with van der Waals surface area (Å²) in [6, 6.07) is 4.66. The Bertz CT molecular complexity index is 770. The summed E-state index contributed by atoms with van der Waals surface area (Å²) in [5.74, 6) is 0. The Morgan fingerprint density at radius 2 is 1.96 bits per heavy atom. The van der Waals surface area contributed by atoms with Crippen LogP contribution in [0.3, 0.4) is 0 Å². The third-order valence-corrected chi connectivity index (χ3v) is 7.86. The van der Waals surface area contributed by atoms with Crippen LogP contribution in [-0.4, -0.2) is 32.8 Å². The van der Waals surface area contributed by atoms with Crippen LogP contribution in [0.4, 0.5) is 0 Å². The molecule has 0 fully saturated rings. The summed E-state index contributed by atoms with van der Waals surface area (Å²) in [7, 11) is 2.01. The molecule has 3 atom stereocenters.